The SMILES string of the molecule is COc1ccc(/C=C(/NC(=O)c2ccccc2)C(=O)Nc2cccc(SC(C(=O)Nc3cc(C)cc(C)c3)c3ccccc3)c2)cc1OC. The van der Waals surface area contributed by atoms with Gasteiger partial charge in [-0.05, 0) is 96.8 Å². The number of aryl methyl sites for hydroxylation is 2. The Labute approximate surface area is 290 Å². The van der Waals surface area contributed by atoms with Gasteiger partial charge in [0.1, 0.15) is 10.9 Å². The molecule has 5 aromatic rings. The molecule has 0 saturated carbocycles. The lowest BCUT2D eigenvalue weighted by Crippen LogP contribution is -2.30. The van der Waals surface area contributed by atoms with Crippen LogP contribution in [0.4, 0.5) is 11.4 Å². The average molecular weight is 672 g/mol. The smallest absolute Gasteiger partial charge is 0.272 e. The molecule has 0 bridgehead atoms. The summed E-state index contributed by atoms with van der Waals surface area (Å²) in [7, 11) is 3.06. The number of rotatable bonds is 12. The van der Waals surface area contributed by atoms with Gasteiger partial charge >= 0.3 is 0 Å². The van der Waals surface area contributed by atoms with Gasteiger partial charge in [0.2, 0.25) is 5.91 Å². The first kappa shape index (κ1) is 34.5. The Morgan fingerprint density at radius 1 is 0.673 bits per heavy atom. The highest BCUT2D eigenvalue weighted by atomic mass is 32.2. The molecule has 3 amide bonds. The summed E-state index contributed by atoms with van der Waals surface area (Å²) in [5.41, 5.74) is 5.21. The molecule has 9 heteroatoms. The molecule has 1 unspecified atom stereocenters. The third-order valence-electron chi connectivity index (χ3n) is 7.42. The molecule has 8 nitrogen and oxygen atoms in total. The molecule has 0 fully saturated rings. The standard InChI is InChI=1S/C40H37N3O5S/c1-26-20-27(2)22-32(21-26)42-40(46)37(29-12-7-5-8-13-29)49-33-17-11-16-31(25-33)41-39(45)34(43-38(44)30-14-9-6-10-15-30)23-28-18-19-35(47-3)36(24-28)48-4/h5-25,37H,1-4H3,(H,41,45)(H,42,46)(H,43,44)/b34-23+. The number of ether oxygens (including phenoxy) is 2. The van der Waals surface area contributed by atoms with Gasteiger partial charge in [-0.3, -0.25) is 14.4 Å². The van der Waals surface area contributed by atoms with Crippen LogP contribution in [0.3, 0.4) is 0 Å². The van der Waals surface area contributed by atoms with E-state index < -0.39 is 17.1 Å². The van der Waals surface area contributed by atoms with Crippen molar-refractivity contribution < 1.29 is 23.9 Å². The number of amides is 3. The van der Waals surface area contributed by atoms with Gasteiger partial charge in [-0.2, -0.15) is 0 Å². The van der Waals surface area contributed by atoms with Gasteiger partial charge in [0, 0.05) is 21.8 Å². The molecule has 248 valence electrons. The normalized spacial score (nSPS) is 11.6. The Morgan fingerprint density at radius 3 is 2.02 bits per heavy atom. The van der Waals surface area contributed by atoms with Gasteiger partial charge in [0.05, 0.1) is 14.2 Å². The number of carbonyl (C=O) groups excluding carboxylic acids is 3. The summed E-state index contributed by atoms with van der Waals surface area (Å²) >= 11 is 1.37. The Kier molecular flexibility index (Phi) is 11.5. The van der Waals surface area contributed by atoms with Crippen molar-refractivity contribution in [1.82, 2.24) is 5.32 Å². The van der Waals surface area contributed by atoms with Crippen LogP contribution in [0.2, 0.25) is 0 Å². The fraction of sp³-hybridized carbons (Fsp3) is 0.125. The lowest BCUT2D eigenvalue weighted by molar-refractivity contribution is -0.116. The van der Waals surface area contributed by atoms with Gasteiger partial charge in [0.25, 0.3) is 11.8 Å². The lowest BCUT2D eigenvalue weighted by atomic mass is 10.1. The molecule has 1 atom stereocenters. The first-order valence-corrected chi connectivity index (χ1v) is 16.4. The van der Waals surface area contributed by atoms with Crippen molar-refractivity contribution in [2.24, 2.45) is 0 Å². The molecular weight excluding hydrogens is 635 g/mol. The molecule has 0 aliphatic rings. The van der Waals surface area contributed by atoms with Crippen molar-refractivity contribution in [2.75, 3.05) is 24.9 Å². The summed E-state index contributed by atoms with van der Waals surface area (Å²) in [6.45, 7) is 3.99. The van der Waals surface area contributed by atoms with Crippen molar-refractivity contribution >= 4 is 46.9 Å². The van der Waals surface area contributed by atoms with Crippen LogP contribution in [0, 0.1) is 13.8 Å². The topological polar surface area (TPSA) is 106 Å². The first-order valence-electron chi connectivity index (χ1n) is 15.5. The summed E-state index contributed by atoms with van der Waals surface area (Å²) < 4.78 is 10.8. The number of hydrogen-bond donors (Lipinski definition) is 3. The van der Waals surface area contributed by atoms with Crippen molar-refractivity contribution in [1.29, 1.82) is 0 Å². The van der Waals surface area contributed by atoms with Gasteiger partial charge in [-0.1, -0.05) is 66.7 Å². The van der Waals surface area contributed by atoms with Gasteiger partial charge in [0.15, 0.2) is 11.5 Å². The minimum atomic E-state index is -0.571. The summed E-state index contributed by atoms with van der Waals surface area (Å²) in [4.78, 5) is 41.4. The van der Waals surface area contributed by atoms with Crippen LogP contribution in [0.5, 0.6) is 11.5 Å². The van der Waals surface area contributed by atoms with Crippen LogP contribution in [0.15, 0.2) is 132 Å². The Morgan fingerprint density at radius 2 is 1.35 bits per heavy atom. The van der Waals surface area contributed by atoms with Crippen LogP contribution < -0.4 is 25.4 Å². The van der Waals surface area contributed by atoms with Crippen molar-refractivity contribution in [2.45, 2.75) is 24.0 Å². The maximum Gasteiger partial charge on any atom is 0.272 e. The summed E-state index contributed by atoms with van der Waals surface area (Å²) in [5, 5.41) is 8.19. The Balaban J connectivity index is 1.40. The van der Waals surface area contributed by atoms with Gasteiger partial charge in [-0.25, -0.2) is 0 Å². The number of methoxy groups -OCH3 is 2. The Bertz CT molecular complexity index is 1960. The minimum absolute atomic E-state index is 0.0223. The molecule has 0 heterocycles. The first-order chi connectivity index (χ1) is 23.7. The monoisotopic (exact) mass is 671 g/mol. The molecule has 3 N–H and O–H groups in total. The van der Waals surface area contributed by atoms with E-state index in [1.54, 1.807) is 60.7 Å². The number of hydrogen-bond acceptors (Lipinski definition) is 6. The van der Waals surface area contributed by atoms with E-state index in [9.17, 15) is 14.4 Å². The van der Waals surface area contributed by atoms with Crippen molar-refractivity contribution in [3.8, 4) is 11.5 Å². The van der Waals surface area contributed by atoms with E-state index in [0.717, 1.165) is 27.3 Å². The summed E-state index contributed by atoms with van der Waals surface area (Å²) in [6, 6.07) is 36.6. The molecule has 5 aromatic carbocycles. The largest absolute Gasteiger partial charge is 0.493 e. The molecular formula is C40H37N3O5S. The maximum absolute atomic E-state index is 13.8. The molecule has 0 radical (unpaired) electrons. The zero-order valence-corrected chi connectivity index (χ0v) is 28.5. The van der Waals surface area contributed by atoms with Crippen molar-refractivity contribution in [3.63, 3.8) is 0 Å². The van der Waals surface area contributed by atoms with Crippen LogP contribution in [-0.4, -0.2) is 31.9 Å². The van der Waals surface area contributed by atoms with E-state index in [4.69, 9.17) is 9.47 Å². The number of anilines is 2. The lowest BCUT2D eigenvalue weighted by Gasteiger charge is -2.18. The predicted molar refractivity (Wildman–Crippen MR) is 196 cm³/mol. The maximum atomic E-state index is 13.8. The predicted octanol–water partition coefficient (Wildman–Crippen LogP) is 8.20. The van der Waals surface area contributed by atoms with E-state index in [-0.39, 0.29) is 11.6 Å². The van der Waals surface area contributed by atoms with E-state index in [0.29, 0.717) is 28.3 Å². The second-order valence-electron chi connectivity index (χ2n) is 11.2. The van der Waals surface area contributed by atoms with E-state index in [1.807, 2.05) is 74.5 Å². The van der Waals surface area contributed by atoms with Gasteiger partial charge < -0.3 is 25.4 Å². The number of thioether (sulfide) groups is 1. The fourth-order valence-electron chi connectivity index (χ4n) is 5.19. The quantitative estimate of drug-likeness (QED) is 0.0913. The van der Waals surface area contributed by atoms with E-state index in [1.165, 1.54) is 26.0 Å². The molecule has 0 saturated heterocycles. The van der Waals surface area contributed by atoms with Crippen LogP contribution in [0.25, 0.3) is 6.08 Å². The molecule has 0 aliphatic heterocycles. The fourth-order valence-corrected chi connectivity index (χ4v) is 6.27. The second kappa shape index (κ2) is 16.3. The van der Waals surface area contributed by atoms with Crippen molar-refractivity contribution in [3.05, 3.63) is 155 Å². The summed E-state index contributed by atoms with van der Waals surface area (Å²) in [5.74, 6) is -0.130. The third-order valence-corrected chi connectivity index (χ3v) is 8.67. The second-order valence-corrected chi connectivity index (χ2v) is 12.4. The average Bonchev–Trinajstić information content (AvgIpc) is 3.10. The molecule has 0 spiro atoms. The van der Waals surface area contributed by atoms with E-state index in [2.05, 4.69) is 22.0 Å². The minimum Gasteiger partial charge on any atom is -0.493 e. The molecule has 49 heavy (non-hydrogen) atoms. The van der Waals surface area contributed by atoms with Crippen LogP contribution >= 0.6 is 11.8 Å². The zero-order valence-electron chi connectivity index (χ0n) is 27.7. The molecule has 0 aliphatic carbocycles. The Hall–Kier alpha value is -5.80. The number of benzene rings is 5. The number of carbonyl (C=O) groups is 3. The van der Waals surface area contributed by atoms with Crippen LogP contribution in [-0.2, 0) is 9.59 Å². The van der Waals surface area contributed by atoms with E-state index >= 15 is 0 Å². The zero-order chi connectivity index (χ0) is 34.8. The third kappa shape index (κ3) is 9.39. The highest BCUT2D eigenvalue weighted by Gasteiger charge is 2.23. The molecule has 5 rings (SSSR count). The number of nitrogens with one attached hydrogen (secondary N) is 3. The van der Waals surface area contributed by atoms with Gasteiger partial charge in [-0.15, -0.1) is 11.8 Å². The van der Waals surface area contributed by atoms with Crippen LogP contribution in [0.1, 0.15) is 37.9 Å². The summed E-state index contributed by atoms with van der Waals surface area (Å²) in [6.07, 6.45) is 1.57. The highest BCUT2D eigenvalue weighted by molar-refractivity contribution is 8.00. The highest BCUT2D eigenvalue weighted by Crippen LogP contribution is 2.37. The molecule has 0 aromatic heterocycles.